The van der Waals surface area contributed by atoms with Gasteiger partial charge in [0.15, 0.2) is 0 Å². The zero-order chi connectivity index (χ0) is 12.0. The van der Waals surface area contributed by atoms with Crippen LogP contribution in [-0.4, -0.2) is 25.2 Å². The summed E-state index contributed by atoms with van der Waals surface area (Å²) in [6.45, 7) is 4.66. The molecule has 0 aliphatic heterocycles. The highest BCUT2D eigenvalue weighted by atomic mass is 16.5. The monoisotopic (exact) mass is 226 g/mol. The summed E-state index contributed by atoms with van der Waals surface area (Å²) in [5.74, 6) is -1.10. The molecule has 1 rings (SSSR count). The highest BCUT2D eigenvalue weighted by Crippen LogP contribution is 2.29. The maximum Gasteiger partial charge on any atom is 0.334 e. The van der Waals surface area contributed by atoms with Crippen LogP contribution < -0.4 is 0 Å². The van der Waals surface area contributed by atoms with E-state index in [1.165, 1.54) is 0 Å². The van der Waals surface area contributed by atoms with Crippen LogP contribution >= 0.6 is 0 Å². The number of carbonyl (C=O) groups is 2. The van der Waals surface area contributed by atoms with Crippen LogP contribution in [0.2, 0.25) is 0 Å². The van der Waals surface area contributed by atoms with E-state index < -0.39 is 5.92 Å². The van der Waals surface area contributed by atoms with Crippen LogP contribution in [0.5, 0.6) is 0 Å². The van der Waals surface area contributed by atoms with E-state index in [2.05, 4.69) is 0 Å². The van der Waals surface area contributed by atoms with Gasteiger partial charge in [-0.05, 0) is 19.3 Å². The van der Waals surface area contributed by atoms with Crippen LogP contribution in [-0.2, 0) is 19.1 Å². The Bertz CT molecular complexity index is 293. The fraction of sp³-hybridized carbons (Fsp3) is 0.667. The Morgan fingerprint density at radius 1 is 1.25 bits per heavy atom. The minimum absolute atomic E-state index is 0.312. The van der Waals surface area contributed by atoms with Gasteiger partial charge in [0.25, 0.3) is 0 Å². The van der Waals surface area contributed by atoms with Crippen molar-refractivity contribution in [3.63, 3.8) is 0 Å². The highest BCUT2D eigenvalue weighted by molar-refractivity contribution is 5.97. The zero-order valence-electron chi connectivity index (χ0n) is 9.82. The fourth-order valence-corrected chi connectivity index (χ4v) is 1.38. The van der Waals surface area contributed by atoms with E-state index in [1.807, 2.05) is 13.8 Å². The van der Waals surface area contributed by atoms with E-state index in [4.69, 9.17) is 9.47 Å². The fourth-order valence-electron chi connectivity index (χ4n) is 1.38. The molecule has 0 heterocycles. The van der Waals surface area contributed by atoms with Gasteiger partial charge in [-0.15, -0.1) is 0 Å². The third-order valence-electron chi connectivity index (χ3n) is 2.35. The number of ether oxygens (including phenoxy) is 2. The summed E-state index contributed by atoms with van der Waals surface area (Å²) < 4.78 is 9.96. The molecule has 0 saturated carbocycles. The summed E-state index contributed by atoms with van der Waals surface area (Å²) in [5, 5.41) is 0. The van der Waals surface area contributed by atoms with Crippen molar-refractivity contribution < 1.29 is 19.1 Å². The molecule has 0 radical (unpaired) electrons. The topological polar surface area (TPSA) is 52.6 Å². The zero-order valence-corrected chi connectivity index (χ0v) is 9.82. The third-order valence-corrected chi connectivity index (χ3v) is 2.35. The van der Waals surface area contributed by atoms with Crippen LogP contribution in [0.4, 0.5) is 0 Å². The van der Waals surface area contributed by atoms with E-state index in [1.54, 1.807) is 6.08 Å². The number of hydrogen-bond donors (Lipinski definition) is 0. The minimum Gasteiger partial charge on any atom is -0.465 e. The quantitative estimate of drug-likeness (QED) is 0.648. The Balaban J connectivity index is 2.40. The first-order chi connectivity index (χ1) is 7.70. The van der Waals surface area contributed by atoms with Gasteiger partial charge in [0.05, 0.1) is 19.1 Å². The molecule has 0 fully saturated rings. The summed E-state index contributed by atoms with van der Waals surface area (Å²) in [5.41, 5.74) is 0.453. The molecule has 0 N–H and O–H groups in total. The number of rotatable bonds is 6. The predicted octanol–water partition coefficient (Wildman–Crippen LogP) is 1.84. The van der Waals surface area contributed by atoms with E-state index in [0.29, 0.717) is 25.2 Å². The van der Waals surface area contributed by atoms with Crippen LogP contribution in [0.1, 0.15) is 33.1 Å². The van der Waals surface area contributed by atoms with Gasteiger partial charge >= 0.3 is 11.9 Å². The van der Waals surface area contributed by atoms with Gasteiger partial charge in [-0.2, -0.15) is 0 Å². The van der Waals surface area contributed by atoms with Crippen molar-refractivity contribution in [3.8, 4) is 0 Å². The molecule has 0 aromatic carbocycles. The maximum absolute atomic E-state index is 11.5. The van der Waals surface area contributed by atoms with Crippen LogP contribution in [0, 0.1) is 5.92 Å². The van der Waals surface area contributed by atoms with E-state index in [0.717, 1.165) is 12.8 Å². The highest BCUT2D eigenvalue weighted by Gasteiger charge is 2.35. The molecule has 0 saturated heterocycles. The molecule has 1 aliphatic carbocycles. The van der Waals surface area contributed by atoms with Crippen molar-refractivity contribution in [1.82, 2.24) is 0 Å². The second-order valence-electron chi connectivity index (χ2n) is 3.75. The van der Waals surface area contributed by atoms with E-state index in [9.17, 15) is 9.59 Å². The second kappa shape index (κ2) is 6.30. The van der Waals surface area contributed by atoms with Gasteiger partial charge in [0.1, 0.15) is 0 Å². The van der Waals surface area contributed by atoms with Gasteiger partial charge < -0.3 is 9.47 Å². The normalized spacial score (nSPS) is 18.4. The lowest BCUT2D eigenvalue weighted by molar-refractivity contribution is -0.151. The van der Waals surface area contributed by atoms with E-state index >= 15 is 0 Å². The smallest absolute Gasteiger partial charge is 0.334 e. The molecule has 0 spiro atoms. The minimum atomic E-state index is -0.407. The van der Waals surface area contributed by atoms with Crippen molar-refractivity contribution in [3.05, 3.63) is 11.6 Å². The summed E-state index contributed by atoms with van der Waals surface area (Å²) in [6, 6.07) is 0. The van der Waals surface area contributed by atoms with Gasteiger partial charge in [-0.3, -0.25) is 4.79 Å². The third kappa shape index (κ3) is 3.08. The molecule has 0 aromatic rings. The largest absolute Gasteiger partial charge is 0.465 e. The Kier molecular flexibility index (Phi) is 5.02. The Labute approximate surface area is 95.6 Å². The summed E-state index contributed by atoms with van der Waals surface area (Å²) in [4.78, 5) is 23.0. The summed E-state index contributed by atoms with van der Waals surface area (Å²) in [7, 11) is 0. The molecule has 0 aromatic heterocycles. The lowest BCUT2D eigenvalue weighted by atomic mass is 9.85. The molecule has 1 aliphatic rings. The second-order valence-corrected chi connectivity index (χ2v) is 3.75. The van der Waals surface area contributed by atoms with Gasteiger partial charge in [-0.1, -0.05) is 19.9 Å². The first kappa shape index (κ1) is 12.7. The first-order valence-electron chi connectivity index (χ1n) is 5.74. The summed E-state index contributed by atoms with van der Waals surface area (Å²) >= 11 is 0. The van der Waals surface area contributed by atoms with Crippen LogP contribution in [0.15, 0.2) is 11.6 Å². The molecule has 0 bridgehead atoms. The SMILES string of the molecule is CCCOC(=O)C1=CCC1C(=O)OCCC. The average Bonchev–Trinajstić information content (AvgIpc) is 2.21. The van der Waals surface area contributed by atoms with Crippen molar-refractivity contribution in [1.29, 1.82) is 0 Å². The Morgan fingerprint density at radius 3 is 2.38 bits per heavy atom. The number of carbonyl (C=O) groups excluding carboxylic acids is 2. The summed E-state index contributed by atoms with van der Waals surface area (Å²) in [6.07, 6.45) is 3.89. The molecule has 0 amide bonds. The maximum atomic E-state index is 11.5. The van der Waals surface area contributed by atoms with Gasteiger partial charge in [0, 0.05) is 5.57 Å². The number of allylic oxidation sites excluding steroid dienone is 1. The van der Waals surface area contributed by atoms with Crippen molar-refractivity contribution in [2.75, 3.05) is 13.2 Å². The molecular weight excluding hydrogens is 208 g/mol. The molecule has 4 heteroatoms. The molecule has 4 nitrogen and oxygen atoms in total. The van der Waals surface area contributed by atoms with Gasteiger partial charge in [0.2, 0.25) is 0 Å². The predicted molar refractivity (Wildman–Crippen MR) is 58.7 cm³/mol. The standard InChI is InChI=1S/C12H18O4/c1-3-7-15-11(13)9-5-6-10(9)12(14)16-8-4-2/h5,10H,3-4,6-8H2,1-2H3. The molecule has 1 unspecified atom stereocenters. The van der Waals surface area contributed by atoms with Crippen LogP contribution in [0.25, 0.3) is 0 Å². The lowest BCUT2D eigenvalue weighted by Gasteiger charge is -2.23. The van der Waals surface area contributed by atoms with E-state index in [-0.39, 0.29) is 11.9 Å². The average molecular weight is 226 g/mol. The molecular formula is C12H18O4. The van der Waals surface area contributed by atoms with Crippen LogP contribution in [0.3, 0.4) is 0 Å². The van der Waals surface area contributed by atoms with Gasteiger partial charge in [-0.25, -0.2) is 4.79 Å². The molecule has 1 atom stereocenters. The number of esters is 2. The Hall–Kier alpha value is -1.32. The van der Waals surface area contributed by atoms with Crippen molar-refractivity contribution in [2.45, 2.75) is 33.1 Å². The lowest BCUT2D eigenvalue weighted by Crippen LogP contribution is -2.30. The van der Waals surface area contributed by atoms with Crippen molar-refractivity contribution >= 4 is 11.9 Å². The molecule has 90 valence electrons. The number of hydrogen-bond acceptors (Lipinski definition) is 4. The molecule has 16 heavy (non-hydrogen) atoms. The first-order valence-corrected chi connectivity index (χ1v) is 5.74. The van der Waals surface area contributed by atoms with Crippen molar-refractivity contribution in [2.24, 2.45) is 5.92 Å². The Morgan fingerprint density at radius 2 is 1.88 bits per heavy atom.